The molecule has 1 aliphatic rings. The molecule has 1 heterocycles. The van der Waals surface area contributed by atoms with Gasteiger partial charge in [0, 0.05) is 0 Å². The van der Waals surface area contributed by atoms with E-state index in [4.69, 9.17) is 0 Å². The first kappa shape index (κ1) is 8.30. The first-order valence-corrected chi connectivity index (χ1v) is 4.81. The van der Waals surface area contributed by atoms with Crippen LogP contribution in [0.5, 0.6) is 0 Å². The molecule has 0 N–H and O–H groups in total. The number of aromatic nitrogens is 2. The zero-order chi connectivity index (χ0) is 9.10. The SMILES string of the molecule is CCC[n+]1ccn(C2C=CC=C2)c1. The van der Waals surface area contributed by atoms with Crippen LogP contribution in [0.15, 0.2) is 43.0 Å². The average molecular weight is 175 g/mol. The fourth-order valence-electron chi connectivity index (χ4n) is 1.60. The van der Waals surface area contributed by atoms with E-state index in [1.807, 2.05) is 0 Å². The summed E-state index contributed by atoms with van der Waals surface area (Å²) in [5, 5.41) is 0. The number of aryl methyl sites for hydroxylation is 1. The van der Waals surface area contributed by atoms with E-state index in [9.17, 15) is 0 Å². The van der Waals surface area contributed by atoms with Crippen molar-refractivity contribution in [3.63, 3.8) is 0 Å². The maximum atomic E-state index is 2.22. The van der Waals surface area contributed by atoms with Crippen molar-refractivity contribution >= 4 is 0 Å². The van der Waals surface area contributed by atoms with Gasteiger partial charge in [-0.15, -0.1) is 0 Å². The van der Waals surface area contributed by atoms with Gasteiger partial charge < -0.3 is 0 Å². The minimum absolute atomic E-state index is 0.429. The van der Waals surface area contributed by atoms with Crippen LogP contribution < -0.4 is 4.57 Å². The molecule has 2 nitrogen and oxygen atoms in total. The highest BCUT2D eigenvalue weighted by Gasteiger charge is 2.11. The van der Waals surface area contributed by atoms with Crippen LogP contribution in [0.2, 0.25) is 0 Å². The van der Waals surface area contributed by atoms with E-state index in [1.165, 1.54) is 6.42 Å². The summed E-state index contributed by atoms with van der Waals surface area (Å²) in [7, 11) is 0. The zero-order valence-corrected chi connectivity index (χ0v) is 7.93. The van der Waals surface area contributed by atoms with Gasteiger partial charge in [-0.05, 0) is 18.6 Å². The van der Waals surface area contributed by atoms with E-state index < -0.39 is 0 Å². The van der Waals surface area contributed by atoms with Gasteiger partial charge in [0.15, 0.2) is 0 Å². The Labute approximate surface area is 78.8 Å². The summed E-state index contributed by atoms with van der Waals surface area (Å²) in [4.78, 5) is 0. The molecule has 1 aliphatic carbocycles. The van der Waals surface area contributed by atoms with Gasteiger partial charge in [0.1, 0.15) is 18.4 Å². The number of allylic oxidation sites excluding steroid dienone is 4. The average Bonchev–Trinajstić information content (AvgIpc) is 2.70. The quantitative estimate of drug-likeness (QED) is 0.620. The Balaban J connectivity index is 2.13. The summed E-state index contributed by atoms with van der Waals surface area (Å²) in [6.07, 6.45) is 16.2. The van der Waals surface area contributed by atoms with Gasteiger partial charge in [-0.25, -0.2) is 9.13 Å². The molecule has 0 amide bonds. The molecule has 0 aromatic carbocycles. The molecule has 2 rings (SSSR count). The maximum Gasteiger partial charge on any atom is 0.244 e. The lowest BCUT2D eigenvalue weighted by molar-refractivity contribution is -0.696. The van der Waals surface area contributed by atoms with Crippen molar-refractivity contribution in [1.82, 2.24) is 4.57 Å². The minimum atomic E-state index is 0.429. The van der Waals surface area contributed by atoms with Gasteiger partial charge >= 0.3 is 0 Å². The van der Waals surface area contributed by atoms with Crippen LogP contribution in [0.25, 0.3) is 0 Å². The summed E-state index contributed by atoms with van der Waals surface area (Å²) in [6.45, 7) is 3.30. The Hall–Kier alpha value is -1.31. The molecule has 2 heteroatoms. The summed E-state index contributed by atoms with van der Waals surface area (Å²) in [5.41, 5.74) is 0. The molecule has 0 fully saturated rings. The molecule has 0 atom stereocenters. The van der Waals surface area contributed by atoms with E-state index >= 15 is 0 Å². The molecule has 0 bridgehead atoms. The molecule has 0 aliphatic heterocycles. The van der Waals surface area contributed by atoms with Crippen molar-refractivity contribution in [2.45, 2.75) is 25.9 Å². The smallest absolute Gasteiger partial charge is 0.237 e. The number of nitrogens with zero attached hydrogens (tertiary/aromatic N) is 2. The Bertz CT molecular complexity index is 322. The summed E-state index contributed by atoms with van der Waals surface area (Å²) in [5.74, 6) is 0. The molecular formula is C11H15N2+. The largest absolute Gasteiger partial charge is 0.244 e. The van der Waals surface area contributed by atoms with Gasteiger partial charge in [0.05, 0.1) is 6.54 Å². The fraction of sp³-hybridized carbons (Fsp3) is 0.364. The highest BCUT2D eigenvalue weighted by atomic mass is 15.1. The molecule has 68 valence electrons. The van der Waals surface area contributed by atoms with Crippen molar-refractivity contribution in [3.05, 3.63) is 43.0 Å². The van der Waals surface area contributed by atoms with Crippen LogP contribution in [-0.2, 0) is 6.54 Å². The third-order valence-corrected chi connectivity index (χ3v) is 2.27. The number of rotatable bonds is 3. The molecule has 1 aromatic rings. The number of imidazole rings is 1. The highest BCUT2D eigenvalue weighted by molar-refractivity contribution is 5.19. The third kappa shape index (κ3) is 1.72. The second-order valence-corrected chi connectivity index (χ2v) is 3.36. The van der Waals surface area contributed by atoms with Gasteiger partial charge in [0.2, 0.25) is 6.33 Å². The standard InChI is InChI=1S/C11H15N2/c1-2-7-12-8-9-13(10-12)11-5-3-4-6-11/h3-6,8-11H,2,7H2,1H3/q+1. The fourth-order valence-corrected chi connectivity index (χ4v) is 1.60. The Kier molecular flexibility index (Phi) is 2.30. The van der Waals surface area contributed by atoms with Crippen molar-refractivity contribution in [3.8, 4) is 0 Å². The highest BCUT2D eigenvalue weighted by Crippen LogP contribution is 2.13. The maximum absolute atomic E-state index is 2.22. The van der Waals surface area contributed by atoms with Crippen molar-refractivity contribution < 1.29 is 4.57 Å². The van der Waals surface area contributed by atoms with Crippen LogP contribution in [0.3, 0.4) is 0 Å². The van der Waals surface area contributed by atoms with E-state index in [0.29, 0.717) is 6.04 Å². The molecule has 0 saturated heterocycles. The van der Waals surface area contributed by atoms with Crippen LogP contribution in [0.4, 0.5) is 0 Å². The van der Waals surface area contributed by atoms with Crippen molar-refractivity contribution in [2.75, 3.05) is 0 Å². The lowest BCUT2D eigenvalue weighted by atomic mass is 10.3. The van der Waals surface area contributed by atoms with E-state index in [2.05, 4.69) is 59.1 Å². The van der Waals surface area contributed by atoms with Gasteiger partial charge in [-0.2, -0.15) is 0 Å². The molecule has 0 radical (unpaired) electrons. The van der Waals surface area contributed by atoms with Crippen molar-refractivity contribution in [2.24, 2.45) is 0 Å². The van der Waals surface area contributed by atoms with E-state index in [0.717, 1.165) is 6.54 Å². The molecule has 0 spiro atoms. The van der Waals surface area contributed by atoms with Crippen LogP contribution in [-0.4, -0.2) is 4.57 Å². The first-order chi connectivity index (χ1) is 6.40. The van der Waals surface area contributed by atoms with Gasteiger partial charge in [-0.1, -0.05) is 19.1 Å². The summed E-state index contributed by atoms with van der Waals surface area (Å²) >= 11 is 0. The van der Waals surface area contributed by atoms with Crippen LogP contribution in [0, 0.1) is 0 Å². The summed E-state index contributed by atoms with van der Waals surface area (Å²) in [6, 6.07) is 0.429. The van der Waals surface area contributed by atoms with Crippen LogP contribution in [0.1, 0.15) is 19.4 Å². The molecule has 1 aromatic heterocycles. The van der Waals surface area contributed by atoms with Gasteiger partial charge in [0.25, 0.3) is 0 Å². The lowest BCUT2D eigenvalue weighted by Crippen LogP contribution is -2.30. The van der Waals surface area contributed by atoms with Crippen molar-refractivity contribution in [1.29, 1.82) is 0 Å². The topological polar surface area (TPSA) is 8.81 Å². The van der Waals surface area contributed by atoms with E-state index in [-0.39, 0.29) is 0 Å². The van der Waals surface area contributed by atoms with Crippen LogP contribution >= 0.6 is 0 Å². The van der Waals surface area contributed by atoms with E-state index in [1.54, 1.807) is 0 Å². The van der Waals surface area contributed by atoms with Gasteiger partial charge in [-0.3, -0.25) is 0 Å². The minimum Gasteiger partial charge on any atom is -0.237 e. The molecule has 0 saturated carbocycles. The summed E-state index contributed by atoms with van der Waals surface area (Å²) < 4.78 is 4.44. The monoisotopic (exact) mass is 175 g/mol. The first-order valence-electron chi connectivity index (χ1n) is 4.81. The normalized spacial score (nSPS) is 15.8. The Morgan fingerprint density at radius 3 is 2.77 bits per heavy atom. The molecular weight excluding hydrogens is 160 g/mol. The predicted molar refractivity (Wildman–Crippen MR) is 52.2 cm³/mol. The second kappa shape index (κ2) is 3.60. The number of hydrogen-bond donors (Lipinski definition) is 0. The lowest BCUT2D eigenvalue weighted by Gasteiger charge is -1.98. The second-order valence-electron chi connectivity index (χ2n) is 3.36. The zero-order valence-electron chi connectivity index (χ0n) is 7.93. The Morgan fingerprint density at radius 1 is 1.31 bits per heavy atom. The predicted octanol–water partition coefficient (Wildman–Crippen LogP) is 1.85. The molecule has 0 unspecified atom stereocenters. The third-order valence-electron chi connectivity index (χ3n) is 2.27. The molecule has 13 heavy (non-hydrogen) atoms. The Morgan fingerprint density at radius 2 is 2.08 bits per heavy atom. The number of hydrogen-bond acceptors (Lipinski definition) is 0.